The quantitative estimate of drug-likeness (QED) is 0.314. The van der Waals surface area contributed by atoms with E-state index >= 15 is 0 Å². The fourth-order valence-electron chi connectivity index (χ4n) is 9.49. The molecule has 11 heteroatoms. The molecular weight excluding hydrogens is 694 g/mol. The van der Waals surface area contributed by atoms with E-state index in [9.17, 15) is 14.7 Å². The summed E-state index contributed by atoms with van der Waals surface area (Å²) in [4.78, 5) is 33.4. The van der Waals surface area contributed by atoms with Crippen molar-refractivity contribution in [3.8, 4) is 5.75 Å². The van der Waals surface area contributed by atoms with Gasteiger partial charge in [0, 0.05) is 56.3 Å². The lowest BCUT2D eigenvalue weighted by Crippen LogP contribution is -2.54. The maximum atomic E-state index is 13.6. The normalized spacial score (nSPS) is 32.9. The van der Waals surface area contributed by atoms with E-state index < -0.39 is 18.0 Å². The second kappa shape index (κ2) is 15.5. The number of esters is 1. The number of morpholine rings is 1. The molecule has 1 amide bonds. The van der Waals surface area contributed by atoms with Gasteiger partial charge in [-0.1, -0.05) is 42.8 Å². The number of aliphatic hydroxyl groups is 1. The molecule has 1 N–H and O–H groups in total. The van der Waals surface area contributed by atoms with Gasteiger partial charge in [0.25, 0.3) is 0 Å². The second-order valence-electron chi connectivity index (χ2n) is 16.4. The van der Waals surface area contributed by atoms with Crippen LogP contribution < -0.4 is 9.64 Å². The standard InChI is InChI=1S/C42H56ClN3O7/c1-29-25-51-20-18-45(29)19-21-52-36-9-5-6-17-44(3)38(47)24-42(49,39(48)50-4)31-10-13-37-35(23-31)46(26-40(2)16-14-34(36)40)27-41(28-53-37)15-7-8-30-22-32(43)11-12-33(30)41/h5,9-13,22-23,29,34,36,49H,6-8,14-21,24-28H2,1-4H3/b9-5+/t29-,34-,36-,40?,41-,42+/m0/s1. The monoisotopic (exact) mass is 749 g/mol. The summed E-state index contributed by atoms with van der Waals surface area (Å²) in [5.74, 6) is -0.259. The first-order valence-corrected chi connectivity index (χ1v) is 19.8. The van der Waals surface area contributed by atoms with E-state index in [0.29, 0.717) is 50.1 Å². The molecule has 1 unspecified atom stereocenters. The fraction of sp³-hybridized carbons (Fsp3) is 0.619. The highest BCUT2D eigenvalue weighted by Crippen LogP contribution is 2.53. The van der Waals surface area contributed by atoms with Crippen LogP contribution in [0.3, 0.4) is 0 Å². The van der Waals surface area contributed by atoms with Crippen molar-refractivity contribution in [2.45, 2.75) is 82.0 Å². The Morgan fingerprint density at radius 1 is 1.13 bits per heavy atom. The lowest BCUT2D eigenvalue weighted by atomic mass is 9.58. The van der Waals surface area contributed by atoms with Gasteiger partial charge in [0.1, 0.15) is 5.75 Å². The number of carbonyl (C=O) groups excluding carboxylic acids is 2. The van der Waals surface area contributed by atoms with Crippen molar-refractivity contribution in [1.82, 2.24) is 9.80 Å². The van der Waals surface area contributed by atoms with E-state index in [1.807, 2.05) is 18.2 Å². The Hall–Kier alpha value is -3.15. The topological polar surface area (TPSA) is 101 Å². The number of anilines is 1. The van der Waals surface area contributed by atoms with Gasteiger partial charge in [-0.3, -0.25) is 9.69 Å². The minimum Gasteiger partial charge on any atom is -0.490 e. The highest BCUT2D eigenvalue weighted by Gasteiger charge is 2.51. The van der Waals surface area contributed by atoms with Crippen molar-refractivity contribution in [2.75, 3.05) is 78.2 Å². The van der Waals surface area contributed by atoms with E-state index in [0.717, 1.165) is 75.7 Å². The number of methoxy groups -OCH3 is 1. The van der Waals surface area contributed by atoms with Gasteiger partial charge in [-0.15, -0.1) is 0 Å². The summed E-state index contributed by atoms with van der Waals surface area (Å²) in [5.41, 5.74) is 1.08. The van der Waals surface area contributed by atoms with Crippen LogP contribution in [-0.2, 0) is 41.2 Å². The Labute approximate surface area is 319 Å². The molecule has 3 heterocycles. The molecule has 2 aromatic carbocycles. The molecule has 288 valence electrons. The molecule has 2 aliphatic carbocycles. The van der Waals surface area contributed by atoms with Crippen LogP contribution >= 0.6 is 11.6 Å². The van der Waals surface area contributed by atoms with Crippen LogP contribution in [0.1, 0.15) is 69.1 Å². The number of hydrogen-bond acceptors (Lipinski definition) is 9. The van der Waals surface area contributed by atoms with Crippen molar-refractivity contribution in [3.63, 3.8) is 0 Å². The predicted octanol–water partition coefficient (Wildman–Crippen LogP) is 5.50. The molecule has 10 nitrogen and oxygen atoms in total. The van der Waals surface area contributed by atoms with Gasteiger partial charge in [0.05, 0.1) is 51.7 Å². The molecule has 1 saturated heterocycles. The molecule has 2 aromatic rings. The molecule has 1 saturated carbocycles. The zero-order chi connectivity index (χ0) is 37.4. The third kappa shape index (κ3) is 7.59. The van der Waals surface area contributed by atoms with Crippen LogP contribution in [0.5, 0.6) is 5.75 Å². The Morgan fingerprint density at radius 3 is 2.75 bits per heavy atom. The second-order valence-corrected chi connectivity index (χ2v) is 16.9. The first-order valence-electron chi connectivity index (χ1n) is 19.4. The van der Waals surface area contributed by atoms with Gasteiger partial charge >= 0.3 is 5.97 Å². The van der Waals surface area contributed by atoms with Crippen LogP contribution in [0, 0.1) is 11.3 Å². The molecule has 2 fully saturated rings. The van der Waals surface area contributed by atoms with Gasteiger partial charge in [0.15, 0.2) is 5.60 Å². The molecule has 7 rings (SSSR count). The first-order chi connectivity index (χ1) is 25.4. The lowest BCUT2D eigenvalue weighted by Gasteiger charge is -2.53. The zero-order valence-corrected chi connectivity index (χ0v) is 32.5. The minimum atomic E-state index is -2.17. The number of ether oxygens (including phenoxy) is 4. The number of hydrogen-bond donors (Lipinski definition) is 1. The Balaban J connectivity index is 1.28. The summed E-state index contributed by atoms with van der Waals surface area (Å²) in [6, 6.07) is 12.0. The number of rotatable bonds is 5. The molecule has 6 atom stereocenters. The SMILES string of the molecule is COC(=O)[C@@]1(O)CC(=O)N(C)CC/C=C/[C@H](OCCN2CCOC[C@@H]2C)[C@@H]2CCC2(C)CN2C[C@@]3(CCCc4cc(Cl)ccc43)COc3ccc1cc32. The number of amides is 1. The van der Waals surface area contributed by atoms with E-state index in [1.54, 1.807) is 18.0 Å². The van der Waals surface area contributed by atoms with Crippen LogP contribution in [-0.4, -0.2) is 112 Å². The average molecular weight is 750 g/mol. The number of benzene rings is 2. The number of aryl methyl sites for hydroxylation is 1. The Morgan fingerprint density at radius 2 is 1.98 bits per heavy atom. The molecule has 0 aromatic heterocycles. The number of nitrogens with zero attached hydrogens (tertiary/aromatic N) is 3. The highest BCUT2D eigenvalue weighted by molar-refractivity contribution is 6.30. The molecule has 1 spiro atoms. The Bertz CT molecular complexity index is 1700. The fourth-order valence-corrected chi connectivity index (χ4v) is 9.68. The van der Waals surface area contributed by atoms with Crippen molar-refractivity contribution < 1.29 is 33.6 Å². The molecule has 5 aliphatic rings. The molecular formula is C42H56ClN3O7. The molecule has 2 bridgehead atoms. The van der Waals surface area contributed by atoms with E-state index in [1.165, 1.54) is 18.2 Å². The average Bonchev–Trinajstić information content (AvgIpc) is 3.29. The van der Waals surface area contributed by atoms with Gasteiger partial charge in [-0.2, -0.15) is 0 Å². The highest BCUT2D eigenvalue weighted by atomic mass is 35.5. The van der Waals surface area contributed by atoms with Crippen LogP contribution in [0.4, 0.5) is 5.69 Å². The molecule has 3 aliphatic heterocycles. The van der Waals surface area contributed by atoms with Crippen molar-refractivity contribution in [3.05, 3.63) is 70.3 Å². The molecule has 0 radical (unpaired) electrons. The molecule has 53 heavy (non-hydrogen) atoms. The van der Waals surface area contributed by atoms with Gasteiger partial charge in [-0.05, 0) is 97.7 Å². The van der Waals surface area contributed by atoms with Crippen molar-refractivity contribution in [2.24, 2.45) is 11.3 Å². The third-order valence-electron chi connectivity index (χ3n) is 12.9. The zero-order valence-electron chi connectivity index (χ0n) is 31.8. The predicted molar refractivity (Wildman–Crippen MR) is 205 cm³/mol. The summed E-state index contributed by atoms with van der Waals surface area (Å²) < 4.78 is 24.4. The number of carbonyl (C=O) groups is 2. The van der Waals surface area contributed by atoms with Gasteiger partial charge < -0.3 is 33.9 Å². The third-order valence-corrected chi connectivity index (χ3v) is 13.1. The maximum Gasteiger partial charge on any atom is 0.343 e. The van der Waals surface area contributed by atoms with Crippen molar-refractivity contribution in [1.29, 1.82) is 0 Å². The summed E-state index contributed by atoms with van der Waals surface area (Å²) in [7, 11) is 2.95. The van der Waals surface area contributed by atoms with Crippen LogP contribution in [0.2, 0.25) is 5.02 Å². The summed E-state index contributed by atoms with van der Waals surface area (Å²) >= 11 is 6.51. The van der Waals surface area contributed by atoms with E-state index in [4.69, 9.17) is 30.5 Å². The maximum absolute atomic E-state index is 13.6. The number of fused-ring (bicyclic) bond motifs is 4. The van der Waals surface area contributed by atoms with Gasteiger partial charge in [-0.25, -0.2) is 4.79 Å². The van der Waals surface area contributed by atoms with Crippen molar-refractivity contribution >= 4 is 29.2 Å². The summed E-state index contributed by atoms with van der Waals surface area (Å²) in [6.07, 6.45) is 9.47. The minimum absolute atomic E-state index is 0.0797. The Kier molecular flexibility index (Phi) is 11.2. The van der Waals surface area contributed by atoms with Crippen LogP contribution in [0.25, 0.3) is 0 Å². The largest absolute Gasteiger partial charge is 0.490 e. The van der Waals surface area contributed by atoms with E-state index in [2.05, 4.69) is 47.9 Å². The summed E-state index contributed by atoms with van der Waals surface area (Å²) in [6.45, 7) is 10.8. The number of halogens is 1. The smallest absolute Gasteiger partial charge is 0.343 e. The lowest BCUT2D eigenvalue weighted by molar-refractivity contribution is -0.168. The first kappa shape index (κ1) is 38.1. The van der Waals surface area contributed by atoms with E-state index in [-0.39, 0.29) is 28.8 Å². The van der Waals surface area contributed by atoms with Gasteiger partial charge in [0.2, 0.25) is 5.91 Å². The van der Waals surface area contributed by atoms with Crippen LogP contribution in [0.15, 0.2) is 48.6 Å². The summed E-state index contributed by atoms with van der Waals surface area (Å²) in [5, 5.41) is 12.8.